The maximum absolute atomic E-state index is 12.4. The fourth-order valence-electron chi connectivity index (χ4n) is 2.83. The highest BCUT2D eigenvalue weighted by Crippen LogP contribution is 2.28. The molecule has 0 radical (unpaired) electrons. The molecule has 1 aliphatic rings. The molecule has 0 aromatic heterocycles. The number of benzene rings is 2. The summed E-state index contributed by atoms with van der Waals surface area (Å²) in [7, 11) is 1.38. The zero-order chi connectivity index (χ0) is 19.2. The van der Waals surface area contributed by atoms with E-state index in [0.717, 1.165) is 0 Å². The Morgan fingerprint density at radius 1 is 0.889 bits per heavy atom. The van der Waals surface area contributed by atoms with Crippen molar-refractivity contribution in [2.45, 2.75) is 24.6 Å². The van der Waals surface area contributed by atoms with Crippen molar-refractivity contribution in [3.05, 3.63) is 71.8 Å². The number of methoxy groups -OCH3 is 1. The fraction of sp³-hybridized carbons (Fsp3) is 0.300. The first-order valence-corrected chi connectivity index (χ1v) is 8.45. The van der Waals surface area contributed by atoms with E-state index >= 15 is 0 Å². The molecule has 1 heterocycles. The van der Waals surface area contributed by atoms with E-state index in [4.69, 9.17) is 18.9 Å². The van der Waals surface area contributed by atoms with Crippen molar-refractivity contribution in [1.82, 2.24) is 0 Å². The molecule has 142 valence electrons. The SMILES string of the molecule is CO[C@@H]1O[C@H](CO)[C@@H](OC(=O)c2ccccc2)[C@H]1OC(=O)c1ccccc1. The minimum absolute atomic E-state index is 0.336. The summed E-state index contributed by atoms with van der Waals surface area (Å²) in [5.41, 5.74) is 0.677. The van der Waals surface area contributed by atoms with Crippen LogP contribution in [0.25, 0.3) is 0 Å². The average molecular weight is 372 g/mol. The van der Waals surface area contributed by atoms with Crippen LogP contribution in [-0.4, -0.2) is 55.4 Å². The van der Waals surface area contributed by atoms with E-state index in [1.807, 2.05) is 0 Å². The number of hydrogen-bond acceptors (Lipinski definition) is 7. The molecule has 1 N–H and O–H groups in total. The lowest BCUT2D eigenvalue weighted by Crippen LogP contribution is -2.41. The number of carbonyl (C=O) groups is 2. The summed E-state index contributed by atoms with van der Waals surface area (Å²) >= 11 is 0. The zero-order valence-corrected chi connectivity index (χ0v) is 14.7. The molecule has 2 aromatic rings. The number of ether oxygens (including phenoxy) is 4. The Kier molecular flexibility index (Phi) is 6.18. The average Bonchev–Trinajstić information content (AvgIpc) is 3.05. The standard InChI is InChI=1S/C20H20O7/c1-24-20-17(27-19(23)14-10-6-3-7-11-14)16(15(12-21)25-20)26-18(22)13-8-4-2-5-9-13/h2-11,15-17,20-21H,12H2,1H3/t15-,16-,17-,20-/m1/s1. The minimum atomic E-state index is -1.02. The Morgan fingerprint density at radius 2 is 1.37 bits per heavy atom. The number of hydrogen-bond donors (Lipinski definition) is 1. The molecule has 7 nitrogen and oxygen atoms in total. The van der Waals surface area contributed by atoms with Crippen LogP contribution in [-0.2, 0) is 18.9 Å². The molecule has 1 aliphatic heterocycles. The fourth-order valence-corrected chi connectivity index (χ4v) is 2.83. The lowest BCUT2D eigenvalue weighted by molar-refractivity contribution is -0.154. The maximum atomic E-state index is 12.4. The van der Waals surface area contributed by atoms with E-state index < -0.39 is 43.1 Å². The molecular formula is C20H20O7. The molecule has 0 spiro atoms. The van der Waals surface area contributed by atoms with E-state index in [2.05, 4.69) is 0 Å². The molecule has 27 heavy (non-hydrogen) atoms. The van der Waals surface area contributed by atoms with Crippen molar-refractivity contribution < 1.29 is 33.6 Å². The topological polar surface area (TPSA) is 91.3 Å². The van der Waals surface area contributed by atoms with Crippen LogP contribution in [0.3, 0.4) is 0 Å². The van der Waals surface area contributed by atoms with E-state index in [9.17, 15) is 14.7 Å². The quantitative estimate of drug-likeness (QED) is 0.773. The Morgan fingerprint density at radius 3 is 1.81 bits per heavy atom. The molecule has 2 aromatic carbocycles. The van der Waals surface area contributed by atoms with Crippen LogP contribution in [0.2, 0.25) is 0 Å². The summed E-state index contributed by atoms with van der Waals surface area (Å²) < 4.78 is 21.7. The summed E-state index contributed by atoms with van der Waals surface area (Å²) in [6.07, 6.45) is -3.88. The summed E-state index contributed by atoms with van der Waals surface area (Å²) in [4.78, 5) is 24.8. The van der Waals surface area contributed by atoms with Gasteiger partial charge in [0.2, 0.25) is 0 Å². The first kappa shape index (κ1) is 19.0. The first-order chi connectivity index (χ1) is 13.1. The largest absolute Gasteiger partial charge is 0.452 e. The molecule has 1 fully saturated rings. The predicted molar refractivity (Wildman–Crippen MR) is 94.0 cm³/mol. The Bertz CT molecular complexity index is 697. The van der Waals surface area contributed by atoms with Gasteiger partial charge >= 0.3 is 11.9 Å². The van der Waals surface area contributed by atoms with Gasteiger partial charge in [-0.3, -0.25) is 0 Å². The van der Waals surface area contributed by atoms with E-state index in [0.29, 0.717) is 11.1 Å². The molecule has 0 bridgehead atoms. The van der Waals surface area contributed by atoms with Crippen LogP contribution >= 0.6 is 0 Å². The van der Waals surface area contributed by atoms with Crippen LogP contribution in [0, 0.1) is 0 Å². The van der Waals surface area contributed by atoms with Gasteiger partial charge in [0.15, 0.2) is 18.5 Å². The normalized spacial score (nSPS) is 24.4. The molecule has 3 rings (SSSR count). The van der Waals surface area contributed by atoms with Crippen molar-refractivity contribution in [3.8, 4) is 0 Å². The van der Waals surface area contributed by atoms with Gasteiger partial charge in [-0.05, 0) is 24.3 Å². The highest BCUT2D eigenvalue weighted by molar-refractivity contribution is 5.90. The van der Waals surface area contributed by atoms with E-state index in [1.54, 1.807) is 60.7 Å². The Labute approximate surface area is 156 Å². The van der Waals surface area contributed by atoms with Crippen molar-refractivity contribution in [2.24, 2.45) is 0 Å². The zero-order valence-electron chi connectivity index (χ0n) is 14.7. The van der Waals surface area contributed by atoms with Gasteiger partial charge < -0.3 is 24.1 Å². The summed E-state index contributed by atoms with van der Waals surface area (Å²) in [6.45, 7) is -0.425. The highest BCUT2D eigenvalue weighted by atomic mass is 16.7. The number of esters is 2. The van der Waals surface area contributed by atoms with Gasteiger partial charge in [0.05, 0.1) is 17.7 Å². The van der Waals surface area contributed by atoms with Crippen molar-refractivity contribution >= 4 is 11.9 Å². The van der Waals surface area contributed by atoms with Crippen molar-refractivity contribution in [1.29, 1.82) is 0 Å². The van der Waals surface area contributed by atoms with Gasteiger partial charge in [-0.25, -0.2) is 9.59 Å². The third-order valence-corrected chi connectivity index (χ3v) is 4.18. The third kappa shape index (κ3) is 4.33. The van der Waals surface area contributed by atoms with Crippen LogP contribution in [0.1, 0.15) is 20.7 Å². The maximum Gasteiger partial charge on any atom is 0.338 e. The second kappa shape index (κ2) is 8.77. The number of rotatable bonds is 6. The number of carbonyl (C=O) groups excluding carboxylic acids is 2. The van der Waals surface area contributed by atoms with Crippen molar-refractivity contribution in [3.63, 3.8) is 0 Å². The molecule has 0 unspecified atom stereocenters. The predicted octanol–water partition coefficient (Wildman–Crippen LogP) is 1.80. The molecule has 0 saturated carbocycles. The van der Waals surface area contributed by atoms with Gasteiger partial charge in [-0.2, -0.15) is 0 Å². The lowest BCUT2D eigenvalue weighted by Gasteiger charge is -2.23. The summed E-state index contributed by atoms with van der Waals surface area (Å²) in [5.74, 6) is -1.22. The minimum Gasteiger partial charge on any atom is -0.452 e. The third-order valence-electron chi connectivity index (χ3n) is 4.18. The summed E-state index contributed by atoms with van der Waals surface area (Å²) in [6, 6.07) is 16.8. The van der Waals surface area contributed by atoms with Crippen molar-refractivity contribution in [2.75, 3.05) is 13.7 Å². The molecule has 1 saturated heterocycles. The molecule has 4 atom stereocenters. The Hall–Kier alpha value is -2.74. The molecule has 0 aliphatic carbocycles. The van der Waals surface area contributed by atoms with Crippen LogP contribution in [0.15, 0.2) is 60.7 Å². The smallest absolute Gasteiger partial charge is 0.338 e. The number of aliphatic hydroxyl groups excluding tert-OH is 1. The van der Waals surface area contributed by atoms with Gasteiger partial charge in [0.1, 0.15) is 6.10 Å². The summed E-state index contributed by atoms with van der Waals surface area (Å²) in [5, 5.41) is 9.59. The molecular weight excluding hydrogens is 352 g/mol. The Balaban J connectivity index is 1.79. The highest BCUT2D eigenvalue weighted by Gasteiger charge is 2.50. The van der Waals surface area contributed by atoms with Gasteiger partial charge in [-0.1, -0.05) is 36.4 Å². The second-order valence-electron chi connectivity index (χ2n) is 5.93. The van der Waals surface area contributed by atoms with Crippen LogP contribution < -0.4 is 0 Å². The van der Waals surface area contributed by atoms with Gasteiger partial charge in [0, 0.05) is 7.11 Å². The lowest BCUT2D eigenvalue weighted by atomic mass is 10.1. The second-order valence-corrected chi connectivity index (χ2v) is 5.93. The number of aliphatic hydroxyl groups is 1. The van der Waals surface area contributed by atoms with Gasteiger partial charge in [-0.15, -0.1) is 0 Å². The van der Waals surface area contributed by atoms with E-state index in [-0.39, 0.29) is 0 Å². The van der Waals surface area contributed by atoms with Crippen LogP contribution in [0.5, 0.6) is 0 Å². The van der Waals surface area contributed by atoms with Gasteiger partial charge in [0.25, 0.3) is 0 Å². The van der Waals surface area contributed by atoms with Crippen LogP contribution in [0.4, 0.5) is 0 Å². The van der Waals surface area contributed by atoms with E-state index in [1.165, 1.54) is 7.11 Å². The molecule has 7 heteroatoms. The molecule has 0 amide bonds. The first-order valence-electron chi connectivity index (χ1n) is 8.45. The monoisotopic (exact) mass is 372 g/mol.